The minimum Gasteiger partial charge on any atom is -0.343 e. The lowest BCUT2D eigenvalue weighted by molar-refractivity contribution is -0.138. The second kappa shape index (κ2) is 8.43. The van der Waals surface area contributed by atoms with E-state index in [0.717, 1.165) is 12.1 Å². The van der Waals surface area contributed by atoms with Crippen LogP contribution in [0.5, 0.6) is 0 Å². The van der Waals surface area contributed by atoms with E-state index in [9.17, 15) is 27.2 Å². The van der Waals surface area contributed by atoms with Gasteiger partial charge in [-0.05, 0) is 48.4 Å². The standard InChI is InChI=1S/C21H21F4N3O2/c1-13-3-4-17(18(22)7-13)20(30)26-16-9-14(8-15(10-16)21(23,24)25)11-28-6-5-27(2)19(29)12-28/h3-4,7-10H,5-6,11-12H2,1-2H3,(H,26,30). The molecule has 0 aromatic heterocycles. The van der Waals surface area contributed by atoms with Crippen LogP contribution in [0.15, 0.2) is 36.4 Å². The normalized spacial score (nSPS) is 15.4. The van der Waals surface area contributed by atoms with E-state index in [1.165, 1.54) is 18.2 Å². The van der Waals surface area contributed by atoms with Crippen molar-refractivity contribution in [1.29, 1.82) is 0 Å². The zero-order valence-corrected chi connectivity index (χ0v) is 16.5. The molecule has 0 saturated carbocycles. The van der Waals surface area contributed by atoms with Crippen molar-refractivity contribution in [1.82, 2.24) is 9.80 Å². The molecule has 0 atom stereocenters. The summed E-state index contributed by atoms with van der Waals surface area (Å²) in [6.45, 7) is 2.88. The van der Waals surface area contributed by atoms with Crippen molar-refractivity contribution in [2.75, 3.05) is 32.0 Å². The topological polar surface area (TPSA) is 52.7 Å². The minimum atomic E-state index is -4.62. The van der Waals surface area contributed by atoms with Crippen molar-refractivity contribution < 1.29 is 27.2 Å². The van der Waals surface area contributed by atoms with Gasteiger partial charge in [0.1, 0.15) is 5.82 Å². The molecule has 2 amide bonds. The number of carbonyl (C=O) groups is 2. The van der Waals surface area contributed by atoms with Crippen LogP contribution in [0.25, 0.3) is 0 Å². The first kappa shape index (κ1) is 21.8. The molecule has 0 bridgehead atoms. The van der Waals surface area contributed by atoms with Crippen molar-refractivity contribution >= 4 is 17.5 Å². The number of hydrogen-bond donors (Lipinski definition) is 1. The molecular formula is C21H21F4N3O2. The largest absolute Gasteiger partial charge is 0.416 e. The number of aryl methyl sites for hydroxylation is 1. The molecule has 1 N–H and O–H groups in total. The number of anilines is 1. The number of nitrogens with one attached hydrogen (secondary N) is 1. The maximum atomic E-state index is 14.0. The summed E-state index contributed by atoms with van der Waals surface area (Å²) in [5.41, 5.74) is -0.372. The molecule has 0 radical (unpaired) electrons. The van der Waals surface area contributed by atoms with Crippen LogP contribution in [0.1, 0.15) is 27.0 Å². The van der Waals surface area contributed by atoms with Gasteiger partial charge < -0.3 is 10.2 Å². The summed E-state index contributed by atoms with van der Waals surface area (Å²) < 4.78 is 54.1. The summed E-state index contributed by atoms with van der Waals surface area (Å²) >= 11 is 0. The van der Waals surface area contributed by atoms with E-state index in [2.05, 4.69) is 5.32 Å². The molecule has 1 fully saturated rings. The van der Waals surface area contributed by atoms with Gasteiger partial charge in [-0.1, -0.05) is 6.07 Å². The fourth-order valence-corrected chi connectivity index (χ4v) is 3.22. The van der Waals surface area contributed by atoms with E-state index in [1.807, 2.05) is 0 Å². The summed E-state index contributed by atoms with van der Waals surface area (Å²) in [5.74, 6) is -1.71. The molecule has 0 unspecified atom stereocenters. The highest BCUT2D eigenvalue weighted by atomic mass is 19.4. The molecule has 5 nitrogen and oxygen atoms in total. The highest BCUT2D eigenvalue weighted by Crippen LogP contribution is 2.32. The Morgan fingerprint density at radius 2 is 1.87 bits per heavy atom. The summed E-state index contributed by atoms with van der Waals surface area (Å²) in [5, 5.41) is 2.35. The Hall–Kier alpha value is -2.94. The minimum absolute atomic E-state index is 0.0924. The van der Waals surface area contributed by atoms with E-state index in [-0.39, 0.29) is 30.2 Å². The summed E-state index contributed by atoms with van der Waals surface area (Å²) in [6.07, 6.45) is -4.62. The number of likely N-dealkylation sites (N-methyl/N-ethyl adjacent to an activating group) is 1. The molecule has 0 spiro atoms. The number of carbonyl (C=O) groups excluding carboxylic acids is 2. The van der Waals surface area contributed by atoms with Gasteiger partial charge in [0, 0.05) is 32.4 Å². The Morgan fingerprint density at radius 3 is 2.50 bits per heavy atom. The van der Waals surface area contributed by atoms with Gasteiger partial charge in [0.2, 0.25) is 5.91 Å². The average Bonchev–Trinajstić information content (AvgIpc) is 2.63. The smallest absolute Gasteiger partial charge is 0.343 e. The highest BCUT2D eigenvalue weighted by Gasteiger charge is 2.32. The zero-order valence-electron chi connectivity index (χ0n) is 16.5. The maximum Gasteiger partial charge on any atom is 0.416 e. The van der Waals surface area contributed by atoms with Gasteiger partial charge in [0.25, 0.3) is 5.91 Å². The van der Waals surface area contributed by atoms with Gasteiger partial charge >= 0.3 is 6.18 Å². The van der Waals surface area contributed by atoms with Gasteiger partial charge in [-0.2, -0.15) is 13.2 Å². The van der Waals surface area contributed by atoms with Crippen molar-refractivity contribution in [3.8, 4) is 0 Å². The predicted molar refractivity (Wildman–Crippen MR) is 103 cm³/mol. The first-order valence-corrected chi connectivity index (χ1v) is 9.28. The lowest BCUT2D eigenvalue weighted by atomic mass is 10.1. The highest BCUT2D eigenvalue weighted by molar-refractivity contribution is 6.04. The number of rotatable bonds is 4. The van der Waals surface area contributed by atoms with Gasteiger partial charge in [-0.3, -0.25) is 14.5 Å². The molecule has 0 aliphatic carbocycles. The molecule has 9 heteroatoms. The molecule has 1 aliphatic heterocycles. The van der Waals surface area contributed by atoms with Crippen LogP contribution in [0, 0.1) is 12.7 Å². The van der Waals surface area contributed by atoms with E-state index >= 15 is 0 Å². The number of amides is 2. The van der Waals surface area contributed by atoms with Gasteiger partial charge in [-0.25, -0.2) is 4.39 Å². The van der Waals surface area contributed by atoms with Crippen molar-refractivity contribution in [3.05, 3.63) is 64.5 Å². The van der Waals surface area contributed by atoms with Gasteiger partial charge in [0.05, 0.1) is 17.7 Å². The third kappa shape index (κ3) is 5.15. The molecule has 1 saturated heterocycles. The van der Waals surface area contributed by atoms with Crippen LogP contribution in [0.2, 0.25) is 0 Å². The van der Waals surface area contributed by atoms with Crippen LogP contribution < -0.4 is 5.32 Å². The summed E-state index contributed by atoms with van der Waals surface area (Å²) in [4.78, 5) is 27.6. The first-order chi connectivity index (χ1) is 14.0. The van der Waals surface area contributed by atoms with Crippen molar-refractivity contribution in [2.24, 2.45) is 0 Å². The average molecular weight is 423 g/mol. The summed E-state index contributed by atoms with van der Waals surface area (Å²) in [6, 6.07) is 7.21. The lowest BCUT2D eigenvalue weighted by Gasteiger charge is -2.32. The van der Waals surface area contributed by atoms with E-state index in [4.69, 9.17) is 0 Å². The Kier molecular flexibility index (Phi) is 6.12. The predicted octanol–water partition coefficient (Wildman–Crippen LogP) is 3.68. The number of halogens is 4. The Labute approximate surface area is 171 Å². The monoisotopic (exact) mass is 423 g/mol. The zero-order chi connectivity index (χ0) is 22.1. The fraction of sp³-hybridized carbons (Fsp3) is 0.333. The van der Waals surface area contributed by atoms with E-state index in [0.29, 0.717) is 24.2 Å². The number of alkyl halides is 3. The van der Waals surface area contributed by atoms with Crippen molar-refractivity contribution in [2.45, 2.75) is 19.6 Å². The molecule has 3 rings (SSSR count). The second-order valence-corrected chi connectivity index (χ2v) is 7.38. The maximum absolute atomic E-state index is 14.0. The third-order valence-electron chi connectivity index (χ3n) is 4.89. The summed E-state index contributed by atoms with van der Waals surface area (Å²) in [7, 11) is 1.67. The van der Waals surface area contributed by atoms with Crippen LogP contribution in [-0.2, 0) is 17.5 Å². The number of benzene rings is 2. The number of hydrogen-bond acceptors (Lipinski definition) is 3. The molecular weight excluding hydrogens is 402 g/mol. The lowest BCUT2D eigenvalue weighted by Crippen LogP contribution is -2.47. The van der Waals surface area contributed by atoms with E-state index in [1.54, 1.807) is 29.8 Å². The van der Waals surface area contributed by atoms with Crippen LogP contribution >= 0.6 is 0 Å². The molecule has 2 aromatic rings. The van der Waals surface area contributed by atoms with E-state index < -0.39 is 23.5 Å². The first-order valence-electron chi connectivity index (χ1n) is 9.28. The molecule has 1 heterocycles. The Balaban J connectivity index is 1.85. The fourth-order valence-electron chi connectivity index (χ4n) is 3.22. The Morgan fingerprint density at radius 1 is 1.13 bits per heavy atom. The van der Waals surface area contributed by atoms with Gasteiger partial charge in [-0.15, -0.1) is 0 Å². The molecule has 160 valence electrons. The number of nitrogens with zero attached hydrogens (tertiary/aromatic N) is 2. The molecule has 1 aliphatic rings. The molecule has 30 heavy (non-hydrogen) atoms. The SMILES string of the molecule is Cc1ccc(C(=O)Nc2cc(CN3CCN(C)C(=O)C3)cc(C(F)(F)F)c2)c(F)c1. The quantitative estimate of drug-likeness (QED) is 0.764. The Bertz CT molecular complexity index is 975. The number of piperazine rings is 1. The van der Waals surface area contributed by atoms with Crippen molar-refractivity contribution in [3.63, 3.8) is 0 Å². The molecule has 2 aromatic carbocycles. The van der Waals surface area contributed by atoms with Crippen LogP contribution in [0.3, 0.4) is 0 Å². The third-order valence-corrected chi connectivity index (χ3v) is 4.89. The van der Waals surface area contributed by atoms with Gasteiger partial charge in [0.15, 0.2) is 0 Å². The van der Waals surface area contributed by atoms with Crippen LogP contribution in [-0.4, -0.2) is 48.3 Å². The second-order valence-electron chi connectivity index (χ2n) is 7.38. The van der Waals surface area contributed by atoms with Crippen LogP contribution in [0.4, 0.5) is 23.2 Å².